The van der Waals surface area contributed by atoms with Gasteiger partial charge >= 0.3 is 0 Å². The van der Waals surface area contributed by atoms with Crippen LogP contribution in [0.1, 0.15) is 38.7 Å². The van der Waals surface area contributed by atoms with Crippen LogP contribution in [-0.2, 0) is 11.2 Å². The average Bonchev–Trinajstić information content (AvgIpc) is 2.51. The van der Waals surface area contributed by atoms with Gasteiger partial charge in [-0.2, -0.15) is 0 Å². The summed E-state index contributed by atoms with van der Waals surface area (Å²) in [5.41, 5.74) is 4.21. The zero-order valence-electron chi connectivity index (χ0n) is 13.1. The molecule has 1 aliphatic heterocycles. The average molecular weight is 276 g/mol. The first-order chi connectivity index (χ1) is 9.81. The molecular weight excluding hydrogens is 248 g/mol. The number of hydrogen-bond acceptors (Lipinski definition) is 3. The summed E-state index contributed by atoms with van der Waals surface area (Å²) >= 11 is 0. The SMILES string of the molecule is CCC(CC)N(CCOC)c1cccc2c1CCCN2. The Morgan fingerprint density at radius 2 is 2.10 bits per heavy atom. The molecule has 0 aromatic heterocycles. The molecule has 0 radical (unpaired) electrons. The quantitative estimate of drug-likeness (QED) is 0.822. The number of nitrogens with one attached hydrogen (secondary N) is 1. The maximum atomic E-state index is 5.32. The molecule has 0 saturated carbocycles. The van der Waals surface area contributed by atoms with E-state index in [9.17, 15) is 0 Å². The fraction of sp³-hybridized carbons (Fsp3) is 0.647. The first-order valence-corrected chi connectivity index (χ1v) is 7.93. The number of hydrogen-bond donors (Lipinski definition) is 1. The van der Waals surface area contributed by atoms with Crippen molar-refractivity contribution in [1.82, 2.24) is 0 Å². The molecule has 20 heavy (non-hydrogen) atoms. The maximum absolute atomic E-state index is 5.32. The molecule has 1 aromatic rings. The van der Waals surface area contributed by atoms with E-state index < -0.39 is 0 Å². The Kier molecular flexibility index (Phi) is 5.72. The summed E-state index contributed by atoms with van der Waals surface area (Å²) < 4.78 is 5.32. The minimum atomic E-state index is 0.596. The van der Waals surface area contributed by atoms with Crippen LogP contribution in [0.5, 0.6) is 0 Å². The molecule has 0 aliphatic carbocycles. The molecule has 1 aliphatic rings. The summed E-state index contributed by atoms with van der Waals surface area (Å²) in [5.74, 6) is 0. The van der Waals surface area contributed by atoms with Gasteiger partial charge < -0.3 is 15.0 Å². The number of nitrogens with zero attached hydrogens (tertiary/aromatic N) is 1. The van der Waals surface area contributed by atoms with E-state index in [4.69, 9.17) is 4.74 Å². The minimum Gasteiger partial charge on any atom is -0.385 e. The molecule has 1 N–H and O–H groups in total. The third-order valence-electron chi connectivity index (χ3n) is 4.30. The van der Waals surface area contributed by atoms with Crippen molar-refractivity contribution in [3.63, 3.8) is 0 Å². The van der Waals surface area contributed by atoms with Crippen molar-refractivity contribution in [2.45, 2.75) is 45.6 Å². The fourth-order valence-corrected chi connectivity index (χ4v) is 3.18. The van der Waals surface area contributed by atoms with Crippen LogP contribution in [0.15, 0.2) is 18.2 Å². The van der Waals surface area contributed by atoms with Crippen LogP contribution >= 0.6 is 0 Å². The van der Waals surface area contributed by atoms with Crippen LogP contribution in [0.3, 0.4) is 0 Å². The van der Waals surface area contributed by atoms with Gasteiger partial charge in [-0.25, -0.2) is 0 Å². The van der Waals surface area contributed by atoms with Gasteiger partial charge in [0.1, 0.15) is 0 Å². The van der Waals surface area contributed by atoms with E-state index in [2.05, 4.69) is 42.3 Å². The second-order valence-electron chi connectivity index (χ2n) is 5.49. The highest BCUT2D eigenvalue weighted by atomic mass is 16.5. The van der Waals surface area contributed by atoms with Gasteiger partial charge in [0.2, 0.25) is 0 Å². The number of rotatable bonds is 7. The monoisotopic (exact) mass is 276 g/mol. The number of fused-ring (bicyclic) bond motifs is 1. The Morgan fingerprint density at radius 3 is 2.80 bits per heavy atom. The lowest BCUT2D eigenvalue weighted by atomic mass is 9.99. The van der Waals surface area contributed by atoms with Crippen LogP contribution in [0.25, 0.3) is 0 Å². The van der Waals surface area contributed by atoms with E-state index in [0.717, 1.165) is 19.7 Å². The van der Waals surface area contributed by atoms with Crippen LogP contribution < -0.4 is 10.2 Å². The number of anilines is 2. The zero-order chi connectivity index (χ0) is 14.4. The molecule has 0 fully saturated rings. The van der Waals surface area contributed by atoms with Crippen LogP contribution in [-0.4, -0.2) is 32.8 Å². The highest BCUT2D eigenvalue weighted by Gasteiger charge is 2.21. The lowest BCUT2D eigenvalue weighted by Crippen LogP contribution is -2.38. The predicted molar refractivity (Wildman–Crippen MR) is 86.8 cm³/mol. The highest BCUT2D eigenvalue weighted by molar-refractivity contribution is 5.68. The molecule has 1 aromatic carbocycles. The summed E-state index contributed by atoms with van der Waals surface area (Å²) in [7, 11) is 1.78. The van der Waals surface area contributed by atoms with Gasteiger partial charge in [0.05, 0.1) is 6.61 Å². The molecule has 0 atom stereocenters. The van der Waals surface area contributed by atoms with Gasteiger partial charge in [0.25, 0.3) is 0 Å². The summed E-state index contributed by atoms with van der Waals surface area (Å²) in [6.45, 7) is 7.41. The Morgan fingerprint density at radius 1 is 1.30 bits per heavy atom. The molecule has 3 heteroatoms. The van der Waals surface area contributed by atoms with E-state index in [1.54, 1.807) is 7.11 Å². The maximum Gasteiger partial charge on any atom is 0.0637 e. The zero-order valence-corrected chi connectivity index (χ0v) is 13.1. The minimum absolute atomic E-state index is 0.596. The standard InChI is InChI=1S/C17H28N2O/c1-4-14(5-2)19(12-13-20-3)17-10-6-9-16-15(17)8-7-11-18-16/h6,9-10,14,18H,4-5,7-8,11-13H2,1-3H3. The van der Waals surface area contributed by atoms with Crippen LogP contribution in [0.2, 0.25) is 0 Å². The van der Waals surface area contributed by atoms with Crippen molar-refractivity contribution in [3.05, 3.63) is 23.8 Å². The number of benzene rings is 1. The second kappa shape index (κ2) is 7.53. The lowest BCUT2D eigenvalue weighted by molar-refractivity contribution is 0.202. The normalized spacial score (nSPS) is 14.0. The predicted octanol–water partition coefficient (Wildman–Crippen LogP) is 3.69. The molecule has 3 nitrogen and oxygen atoms in total. The van der Waals surface area contributed by atoms with Gasteiger partial charge in [-0.05, 0) is 43.4 Å². The topological polar surface area (TPSA) is 24.5 Å². The molecule has 0 unspecified atom stereocenters. The largest absolute Gasteiger partial charge is 0.385 e. The summed E-state index contributed by atoms with van der Waals surface area (Å²) in [5, 5.41) is 3.53. The Hall–Kier alpha value is -1.22. The Labute approximate surface area is 123 Å². The van der Waals surface area contributed by atoms with E-state index in [-0.39, 0.29) is 0 Å². The third-order valence-corrected chi connectivity index (χ3v) is 4.30. The van der Waals surface area contributed by atoms with E-state index >= 15 is 0 Å². The molecule has 0 amide bonds. The summed E-state index contributed by atoms with van der Waals surface area (Å²) in [4.78, 5) is 2.55. The second-order valence-corrected chi connectivity index (χ2v) is 5.49. The van der Waals surface area contributed by atoms with Gasteiger partial charge in [0.15, 0.2) is 0 Å². The molecule has 0 bridgehead atoms. The third kappa shape index (κ3) is 3.26. The molecule has 1 heterocycles. The highest BCUT2D eigenvalue weighted by Crippen LogP contribution is 2.33. The van der Waals surface area contributed by atoms with Crippen molar-refractivity contribution in [2.24, 2.45) is 0 Å². The van der Waals surface area contributed by atoms with Crippen LogP contribution in [0, 0.1) is 0 Å². The van der Waals surface area contributed by atoms with Gasteiger partial charge in [-0.1, -0.05) is 19.9 Å². The lowest BCUT2D eigenvalue weighted by Gasteiger charge is -2.35. The summed E-state index contributed by atoms with van der Waals surface area (Å²) in [6.07, 6.45) is 4.77. The molecule has 2 rings (SSSR count). The van der Waals surface area contributed by atoms with Crippen molar-refractivity contribution < 1.29 is 4.74 Å². The van der Waals surface area contributed by atoms with E-state index in [0.29, 0.717) is 6.04 Å². The van der Waals surface area contributed by atoms with Crippen molar-refractivity contribution in [1.29, 1.82) is 0 Å². The van der Waals surface area contributed by atoms with Crippen molar-refractivity contribution >= 4 is 11.4 Å². The number of ether oxygens (including phenoxy) is 1. The van der Waals surface area contributed by atoms with Crippen molar-refractivity contribution in [2.75, 3.05) is 37.0 Å². The van der Waals surface area contributed by atoms with Gasteiger partial charge in [-0.3, -0.25) is 0 Å². The Balaban J connectivity index is 2.32. The number of methoxy groups -OCH3 is 1. The molecule has 112 valence electrons. The Bertz CT molecular complexity index is 415. The fourth-order valence-electron chi connectivity index (χ4n) is 3.18. The first kappa shape index (κ1) is 15.2. The molecule has 0 spiro atoms. The van der Waals surface area contributed by atoms with Gasteiger partial charge in [-0.15, -0.1) is 0 Å². The van der Waals surface area contributed by atoms with Crippen LogP contribution in [0.4, 0.5) is 11.4 Å². The van der Waals surface area contributed by atoms with E-state index in [1.807, 2.05) is 0 Å². The van der Waals surface area contributed by atoms with Crippen molar-refractivity contribution in [3.8, 4) is 0 Å². The smallest absolute Gasteiger partial charge is 0.0637 e. The first-order valence-electron chi connectivity index (χ1n) is 7.93. The van der Waals surface area contributed by atoms with E-state index in [1.165, 1.54) is 42.6 Å². The molecular formula is C17H28N2O. The van der Waals surface area contributed by atoms with Gasteiger partial charge in [0, 0.05) is 37.6 Å². The molecule has 0 saturated heterocycles. The summed E-state index contributed by atoms with van der Waals surface area (Å²) in [6, 6.07) is 7.26.